The van der Waals surface area contributed by atoms with Crippen LogP contribution in [0.25, 0.3) is 11.1 Å². The summed E-state index contributed by atoms with van der Waals surface area (Å²) < 4.78 is 11.1. The van der Waals surface area contributed by atoms with Crippen molar-refractivity contribution in [1.82, 2.24) is 0 Å². The third-order valence-electron chi connectivity index (χ3n) is 5.24. The first-order valence-corrected chi connectivity index (χ1v) is 10.4. The van der Waals surface area contributed by atoms with Gasteiger partial charge in [-0.05, 0) is 35.1 Å². The average molecular weight is 395 g/mol. The molecule has 2 aromatic carbocycles. The second-order valence-electron chi connectivity index (χ2n) is 7.27. The summed E-state index contributed by atoms with van der Waals surface area (Å²) in [7, 11) is 0. The summed E-state index contributed by atoms with van der Waals surface area (Å²) in [5.41, 5.74) is 11.5. The lowest BCUT2D eigenvalue weighted by Crippen LogP contribution is -2.13. The van der Waals surface area contributed by atoms with Gasteiger partial charge in [0.15, 0.2) is 0 Å². The maximum absolute atomic E-state index is 12.1. The number of ether oxygens (including phenoxy) is 2. The van der Waals surface area contributed by atoms with Crippen LogP contribution < -0.4 is 10.5 Å². The summed E-state index contributed by atoms with van der Waals surface area (Å²) in [6.07, 6.45) is 3.25. The molecule has 5 heteroatoms. The van der Waals surface area contributed by atoms with E-state index in [0.717, 1.165) is 18.6 Å². The van der Waals surface area contributed by atoms with Crippen molar-refractivity contribution in [2.75, 3.05) is 19.8 Å². The Labute approximate surface area is 172 Å². The molecule has 0 bridgehead atoms. The SMILES string of the molecule is CCc1ccc2c(c1OCCC(=O)CCCOC(=O)CCN)Cc1ccccc1-2. The largest absolute Gasteiger partial charge is 0.493 e. The Hall–Kier alpha value is -2.66. The van der Waals surface area contributed by atoms with Crippen LogP contribution >= 0.6 is 0 Å². The van der Waals surface area contributed by atoms with Gasteiger partial charge in [0.1, 0.15) is 11.5 Å². The van der Waals surface area contributed by atoms with E-state index in [1.165, 1.54) is 27.8 Å². The first-order chi connectivity index (χ1) is 14.1. The highest BCUT2D eigenvalue weighted by atomic mass is 16.5. The van der Waals surface area contributed by atoms with E-state index in [-0.39, 0.29) is 31.3 Å². The van der Waals surface area contributed by atoms with Crippen molar-refractivity contribution < 1.29 is 19.1 Å². The van der Waals surface area contributed by atoms with E-state index in [9.17, 15) is 9.59 Å². The lowest BCUT2D eigenvalue weighted by atomic mass is 10.0. The maximum Gasteiger partial charge on any atom is 0.307 e. The zero-order valence-corrected chi connectivity index (χ0v) is 17.0. The minimum absolute atomic E-state index is 0.119. The van der Waals surface area contributed by atoms with Crippen molar-refractivity contribution in [3.63, 3.8) is 0 Å². The molecule has 0 saturated heterocycles. The molecular weight excluding hydrogens is 366 g/mol. The standard InChI is InChI=1S/C24H29NO4/c1-2-17-9-10-21-20-8-4-3-6-18(20)16-22(21)24(17)29-15-12-19(26)7-5-14-28-23(27)11-13-25/h3-4,6,8-10H,2,5,7,11-16,25H2,1H3. The highest BCUT2D eigenvalue weighted by molar-refractivity contribution is 5.80. The fraction of sp³-hybridized carbons (Fsp3) is 0.417. The number of fused-ring (bicyclic) bond motifs is 3. The summed E-state index contributed by atoms with van der Waals surface area (Å²) in [6.45, 7) is 3.03. The van der Waals surface area contributed by atoms with Crippen LogP contribution in [0.3, 0.4) is 0 Å². The number of benzene rings is 2. The highest BCUT2D eigenvalue weighted by Gasteiger charge is 2.23. The molecule has 1 aliphatic carbocycles. The van der Waals surface area contributed by atoms with Gasteiger partial charge in [-0.2, -0.15) is 0 Å². The third-order valence-corrected chi connectivity index (χ3v) is 5.24. The Bertz CT molecular complexity index is 875. The minimum Gasteiger partial charge on any atom is -0.493 e. The molecule has 0 amide bonds. The first kappa shape index (κ1) is 21.1. The van der Waals surface area contributed by atoms with Gasteiger partial charge in [-0.15, -0.1) is 0 Å². The van der Waals surface area contributed by atoms with Crippen molar-refractivity contribution in [2.45, 2.75) is 45.4 Å². The number of aryl methyl sites for hydroxylation is 1. The monoisotopic (exact) mass is 395 g/mol. The van der Waals surface area contributed by atoms with E-state index in [4.69, 9.17) is 15.2 Å². The number of ketones is 1. The number of esters is 1. The molecule has 1 aliphatic rings. The van der Waals surface area contributed by atoms with E-state index < -0.39 is 0 Å². The molecule has 5 nitrogen and oxygen atoms in total. The molecular formula is C24H29NO4. The fourth-order valence-electron chi connectivity index (χ4n) is 3.73. The van der Waals surface area contributed by atoms with Gasteiger partial charge in [0.2, 0.25) is 0 Å². The van der Waals surface area contributed by atoms with Crippen molar-refractivity contribution >= 4 is 11.8 Å². The number of rotatable bonds is 11. The average Bonchev–Trinajstić information content (AvgIpc) is 3.10. The van der Waals surface area contributed by atoms with Crippen molar-refractivity contribution in [3.8, 4) is 16.9 Å². The normalized spacial score (nSPS) is 11.7. The quantitative estimate of drug-likeness (QED) is 0.394. The number of Topliss-reactive ketones (excluding diaryl/α,β-unsaturated/α-hetero) is 1. The van der Waals surface area contributed by atoms with Crippen LogP contribution in [0.4, 0.5) is 0 Å². The Morgan fingerprint density at radius 2 is 1.83 bits per heavy atom. The summed E-state index contributed by atoms with van der Waals surface area (Å²) in [5.74, 6) is 0.743. The van der Waals surface area contributed by atoms with Gasteiger partial charge in [0, 0.05) is 31.4 Å². The molecule has 0 aliphatic heterocycles. The number of carbonyl (C=O) groups excluding carboxylic acids is 2. The molecule has 154 valence electrons. The summed E-state index contributed by atoms with van der Waals surface area (Å²) in [5, 5.41) is 0. The molecule has 0 spiro atoms. The molecule has 29 heavy (non-hydrogen) atoms. The van der Waals surface area contributed by atoms with E-state index in [0.29, 0.717) is 25.9 Å². The third kappa shape index (κ3) is 5.24. The predicted molar refractivity (Wildman–Crippen MR) is 113 cm³/mol. The Kier molecular flexibility index (Phi) is 7.42. The lowest BCUT2D eigenvalue weighted by Gasteiger charge is -2.15. The fourth-order valence-corrected chi connectivity index (χ4v) is 3.73. The zero-order chi connectivity index (χ0) is 20.6. The number of carbonyl (C=O) groups is 2. The smallest absolute Gasteiger partial charge is 0.307 e. The number of hydrogen-bond donors (Lipinski definition) is 1. The Balaban J connectivity index is 1.52. The van der Waals surface area contributed by atoms with Gasteiger partial charge in [-0.1, -0.05) is 43.3 Å². The molecule has 2 aromatic rings. The van der Waals surface area contributed by atoms with E-state index in [2.05, 4.69) is 43.3 Å². The van der Waals surface area contributed by atoms with Crippen LogP contribution in [0.2, 0.25) is 0 Å². The molecule has 0 aromatic heterocycles. The van der Waals surface area contributed by atoms with Crippen LogP contribution in [0, 0.1) is 0 Å². The maximum atomic E-state index is 12.1. The summed E-state index contributed by atoms with van der Waals surface area (Å²) in [4.78, 5) is 23.4. The second kappa shape index (κ2) is 10.2. The number of hydrogen-bond acceptors (Lipinski definition) is 5. The van der Waals surface area contributed by atoms with Crippen LogP contribution in [0.1, 0.15) is 49.3 Å². The van der Waals surface area contributed by atoms with Gasteiger partial charge in [0.25, 0.3) is 0 Å². The van der Waals surface area contributed by atoms with Gasteiger partial charge in [-0.3, -0.25) is 9.59 Å². The molecule has 3 rings (SSSR count). The number of nitrogens with two attached hydrogens (primary N) is 1. The predicted octanol–water partition coefficient (Wildman–Crippen LogP) is 3.83. The molecule has 0 atom stereocenters. The van der Waals surface area contributed by atoms with E-state index >= 15 is 0 Å². The Morgan fingerprint density at radius 1 is 1.00 bits per heavy atom. The molecule has 0 heterocycles. The van der Waals surface area contributed by atoms with Crippen molar-refractivity contribution in [1.29, 1.82) is 0 Å². The van der Waals surface area contributed by atoms with Crippen LogP contribution in [-0.2, 0) is 27.2 Å². The van der Waals surface area contributed by atoms with Crippen molar-refractivity contribution in [2.24, 2.45) is 5.73 Å². The second-order valence-corrected chi connectivity index (χ2v) is 7.27. The summed E-state index contributed by atoms with van der Waals surface area (Å²) in [6, 6.07) is 12.8. The summed E-state index contributed by atoms with van der Waals surface area (Å²) >= 11 is 0. The first-order valence-electron chi connectivity index (χ1n) is 10.4. The topological polar surface area (TPSA) is 78.6 Å². The van der Waals surface area contributed by atoms with Gasteiger partial charge in [0.05, 0.1) is 19.6 Å². The van der Waals surface area contributed by atoms with Crippen molar-refractivity contribution in [3.05, 3.63) is 53.1 Å². The molecule has 0 fully saturated rings. The zero-order valence-electron chi connectivity index (χ0n) is 17.0. The van der Waals surface area contributed by atoms with E-state index in [1.54, 1.807) is 0 Å². The van der Waals surface area contributed by atoms with Crippen LogP contribution in [-0.4, -0.2) is 31.5 Å². The lowest BCUT2D eigenvalue weighted by molar-refractivity contribution is -0.143. The van der Waals surface area contributed by atoms with Gasteiger partial charge < -0.3 is 15.2 Å². The van der Waals surface area contributed by atoms with Gasteiger partial charge in [-0.25, -0.2) is 0 Å². The minimum atomic E-state index is -0.311. The molecule has 0 radical (unpaired) electrons. The molecule has 0 saturated carbocycles. The highest BCUT2D eigenvalue weighted by Crippen LogP contribution is 2.42. The van der Waals surface area contributed by atoms with Crippen LogP contribution in [0.15, 0.2) is 36.4 Å². The molecule has 0 unspecified atom stereocenters. The molecule has 2 N–H and O–H groups in total. The van der Waals surface area contributed by atoms with Crippen LogP contribution in [0.5, 0.6) is 5.75 Å². The Morgan fingerprint density at radius 3 is 2.62 bits per heavy atom. The van der Waals surface area contributed by atoms with E-state index in [1.807, 2.05) is 0 Å². The van der Waals surface area contributed by atoms with Gasteiger partial charge >= 0.3 is 5.97 Å².